The molecule has 2 rings (SSSR count). The van der Waals surface area contributed by atoms with Crippen molar-refractivity contribution in [2.24, 2.45) is 0 Å². The van der Waals surface area contributed by atoms with E-state index in [9.17, 15) is 9.59 Å². The van der Waals surface area contributed by atoms with Crippen LogP contribution in [0.1, 0.15) is 18.4 Å². The Labute approximate surface area is 136 Å². The van der Waals surface area contributed by atoms with E-state index in [1.807, 2.05) is 30.3 Å². The minimum Gasteiger partial charge on any atom is -0.496 e. The Bertz CT molecular complexity index is 715. The number of carbonyl (C=O) groups is 2. The van der Waals surface area contributed by atoms with Crippen molar-refractivity contribution < 1.29 is 19.4 Å². The van der Waals surface area contributed by atoms with Crippen LogP contribution in [0.3, 0.4) is 0 Å². The topological polar surface area (TPSA) is 75.6 Å². The third-order valence-corrected chi connectivity index (χ3v) is 3.79. The number of ether oxygens (including phenoxy) is 1. The average molecular weight is 366 g/mol. The predicted octanol–water partition coefficient (Wildman–Crippen LogP) is 3.09. The van der Waals surface area contributed by atoms with Crippen LogP contribution >= 0.6 is 15.9 Å². The number of hydrogen-bond donors (Lipinski definition) is 2. The van der Waals surface area contributed by atoms with Gasteiger partial charge in [-0.3, -0.25) is 9.59 Å². The lowest BCUT2D eigenvalue weighted by Crippen LogP contribution is -2.23. The molecule has 116 valence electrons. The number of carboxylic acids is 1. The maximum Gasteiger partial charge on any atom is 0.303 e. The minimum atomic E-state index is -0.984. The SMILES string of the molecule is COc1ccc2cc(Br)ccc2c1CNC(=O)CCC(=O)O. The fourth-order valence-corrected chi connectivity index (χ4v) is 2.59. The van der Waals surface area contributed by atoms with Gasteiger partial charge in [0, 0.05) is 23.0 Å². The van der Waals surface area contributed by atoms with Gasteiger partial charge in [0.1, 0.15) is 5.75 Å². The van der Waals surface area contributed by atoms with Gasteiger partial charge in [0.2, 0.25) is 5.91 Å². The van der Waals surface area contributed by atoms with Gasteiger partial charge in [0.05, 0.1) is 13.5 Å². The zero-order valence-electron chi connectivity index (χ0n) is 12.1. The van der Waals surface area contributed by atoms with Crippen LogP contribution in [0.4, 0.5) is 0 Å². The third-order valence-electron chi connectivity index (χ3n) is 3.30. The maximum absolute atomic E-state index is 11.7. The lowest BCUT2D eigenvalue weighted by atomic mass is 10.0. The van der Waals surface area contributed by atoms with E-state index in [0.29, 0.717) is 12.3 Å². The van der Waals surface area contributed by atoms with Crippen molar-refractivity contribution in [1.82, 2.24) is 5.32 Å². The van der Waals surface area contributed by atoms with Gasteiger partial charge in [-0.15, -0.1) is 0 Å². The molecule has 0 aliphatic carbocycles. The Hall–Kier alpha value is -2.08. The first kappa shape index (κ1) is 16.3. The fourth-order valence-electron chi connectivity index (χ4n) is 2.21. The van der Waals surface area contributed by atoms with E-state index in [2.05, 4.69) is 21.2 Å². The molecule has 0 spiro atoms. The second-order valence-electron chi connectivity index (χ2n) is 4.78. The Morgan fingerprint density at radius 3 is 2.68 bits per heavy atom. The van der Waals surface area contributed by atoms with Crippen LogP contribution in [-0.2, 0) is 16.1 Å². The number of fused-ring (bicyclic) bond motifs is 1. The van der Waals surface area contributed by atoms with Crippen molar-refractivity contribution >= 4 is 38.6 Å². The smallest absolute Gasteiger partial charge is 0.303 e. The van der Waals surface area contributed by atoms with Crippen molar-refractivity contribution in [3.8, 4) is 5.75 Å². The molecule has 0 saturated carbocycles. The molecule has 1 amide bonds. The summed E-state index contributed by atoms with van der Waals surface area (Å²) in [4.78, 5) is 22.2. The molecular formula is C16H16BrNO4. The second kappa shape index (κ2) is 7.26. The summed E-state index contributed by atoms with van der Waals surface area (Å²) < 4.78 is 6.33. The van der Waals surface area contributed by atoms with E-state index in [1.54, 1.807) is 7.11 Å². The summed E-state index contributed by atoms with van der Waals surface area (Å²) in [5.74, 6) is -0.588. The first-order valence-electron chi connectivity index (χ1n) is 6.75. The molecule has 0 aromatic heterocycles. The van der Waals surface area contributed by atoms with Crippen LogP contribution in [-0.4, -0.2) is 24.1 Å². The molecule has 6 heteroatoms. The van der Waals surface area contributed by atoms with E-state index in [0.717, 1.165) is 20.8 Å². The zero-order chi connectivity index (χ0) is 16.1. The van der Waals surface area contributed by atoms with E-state index in [1.165, 1.54) is 0 Å². The Morgan fingerprint density at radius 1 is 1.23 bits per heavy atom. The quantitative estimate of drug-likeness (QED) is 0.824. The number of aliphatic carboxylic acids is 1. The van der Waals surface area contributed by atoms with Gasteiger partial charge in [0.15, 0.2) is 0 Å². The Balaban J connectivity index is 2.21. The number of nitrogens with one attached hydrogen (secondary N) is 1. The van der Waals surface area contributed by atoms with Crippen molar-refractivity contribution in [3.63, 3.8) is 0 Å². The Kier molecular flexibility index (Phi) is 5.38. The third kappa shape index (κ3) is 3.98. The van der Waals surface area contributed by atoms with E-state index in [-0.39, 0.29) is 18.7 Å². The maximum atomic E-state index is 11.7. The largest absolute Gasteiger partial charge is 0.496 e. The van der Waals surface area contributed by atoms with Crippen LogP contribution in [0, 0.1) is 0 Å². The highest BCUT2D eigenvalue weighted by Gasteiger charge is 2.11. The molecule has 2 N–H and O–H groups in total. The highest BCUT2D eigenvalue weighted by atomic mass is 79.9. The highest BCUT2D eigenvalue weighted by Crippen LogP contribution is 2.29. The molecule has 0 aliphatic heterocycles. The monoisotopic (exact) mass is 365 g/mol. The van der Waals surface area contributed by atoms with Gasteiger partial charge in [-0.25, -0.2) is 0 Å². The first-order chi connectivity index (χ1) is 10.5. The molecule has 0 atom stereocenters. The van der Waals surface area contributed by atoms with Crippen LogP contribution in [0.25, 0.3) is 10.8 Å². The lowest BCUT2D eigenvalue weighted by Gasteiger charge is -2.13. The van der Waals surface area contributed by atoms with Gasteiger partial charge < -0.3 is 15.2 Å². The lowest BCUT2D eigenvalue weighted by molar-refractivity contribution is -0.138. The molecular weight excluding hydrogens is 350 g/mol. The van der Waals surface area contributed by atoms with Crippen molar-refractivity contribution in [3.05, 3.63) is 40.4 Å². The van der Waals surface area contributed by atoms with Crippen LogP contribution in [0.5, 0.6) is 5.75 Å². The van der Waals surface area contributed by atoms with Gasteiger partial charge in [-0.2, -0.15) is 0 Å². The molecule has 0 radical (unpaired) electrons. The number of benzene rings is 2. The number of methoxy groups -OCH3 is 1. The summed E-state index contributed by atoms with van der Waals surface area (Å²) in [7, 11) is 1.58. The number of hydrogen-bond acceptors (Lipinski definition) is 3. The molecule has 2 aromatic rings. The summed E-state index contributed by atoms with van der Waals surface area (Å²) in [5.41, 5.74) is 0.871. The van der Waals surface area contributed by atoms with Gasteiger partial charge in [-0.05, 0) is 29.0 Å². The number of carbonyl (C=O) groups excluding carboxylic acids is 1. The van der Waals surface area contributed by atoms with Gasteiger partial charge in [-0.1, -0.05) is 28.1 Å². The van der Waals surface area contributed by atoms with Gasteiger partial charge >= 0.3 is 5.97 Å². The molecule has 5 nitrogen and oxygen atoms in total. The molecule has 0 saturated heterocycles. The molecule has 0 heterocycles. The summed E-state index contributed by atoms with van der Waals surface area (Å²) in [5, 5.41) is 13.4. The van der Waals surface area contributed by atoms with Gasteiger partial charge in [0.25, 0.3) is 0 Å². The number of rotatable bonds is 6. The molecule has 0 fully saturated rings. The summed E-state index contributed by atoms with van der Waals surface area (Å²) >= 11 is 3.43. The van der Waals surface area contributed by atoms with Crippen molar-refractivity contribution in [1.29, 1.82) is 0 Å². The number of halogens is 1. The minimum absolute atomic E-state index is 0.0338. The van der Waals surface area contributed by atoms with Crippen molar-refractivity contribution in [2.45, 2.75) is 19.4 Å². The number of amides is 1. The summed E-state index contributed by atoms with van der Waals surface area (Å²) in [6.45, 7) is 0.292. The van der Waals surface area contributed by atoms with E-state index >= 15 is 0 Å². The summed E-state index contributed by atoms with van der Waals surface area (Å²) in [6.07, 6.45) is -0.209. The standard InChI is InChI=1S/C16H16BrNO4/c1-22-14-5-2-10-8-11(17)3-4-12(10)13(14)9-18-15(19)6-7-16(20)21/h2-5,8H,6-7,9H2,1H3,(H,18,19)(H,20,21). The number of carboxylic acid groups (broad SMARTS) is 1. The fraction of sp³-hybridized carbons (Fsp3) is 0.250. The molecule has 0 unspecified atom stereocenters. The molecule has 0 bridgehead atoms. The summed E-state index contributed by atoms with van der Waals surface area (Å²) in [6, 6.07) is 9.69. The molecule has 0 aliphatic rings. The predicted molar refractivity (Wildman–Crippen MR) is 86.9 cm³/mol. The Morgan fingerprint density at radius 2 is 2.00 bits per heavy atom. The normalized spacial score (nSPS) is 10.5. The van der Waals surface area contributed by atoms with Crippen LogP contribution in [0.2, 0.25) is 0 Å². The zero-order valence-corrected chi connectivity index (χ0v) is 13.6. The van der Waals surface area contributed by atoms with Crippen molar-refractivity contribution in [2.75, 3.05) is 7.11 Å². The van der Waals surface area contributed by atoms with Crippen LogP contribution < -0.4 is 10.1 Å². The average Bonchev–Trinajstić information content (AvgIpc) is 2.50. The molecule has 2 aromatic carbocycles. The first-order valence-corrected chi connectivity index (χ1v) is 7.54. The van der Waals surface area contributed by atoms with Crippen LogP contribution in [0.15, 0.2) is 34.8 Å². The molecule has 22 heavy (non-hydrogen) atoms. The highest BCUT2D eigenvalue weighted by molar-refractivity contribution is 9.10. The van der Waals surface area contributed by atoms with E-state index in [4.69, 9.17) is 9.84 Å². The second-order valence-corrected chi connectivity index (χ2v) is 5.70. The van der Waals surface area contributed by atoms with E-state index < -0.39 is 5.97 Å².